The van der Waals surface area contributed by atoms with Crippen molar-refractivity contribution in [1.29, 1.82) is 0 Å². The van der Waals surface area contributed by atoms with E-state index in [0.29, 0.717) is 32.2 Å². The Labute approximate surface area is 133 Å². The molecule has 0 bridgehead atoms. The van der Waals surface area contributed by atoms with Gasteiger partial charge < -0.3 is 20.1 Å². The lowest BCUT2D eigenvalue weighted by Crippen LogP contribution is -2.39. The van der Waals surface area contributed by atoms with Crippen molar-refractivity contribution in [2.75, 3.05) is 40.0 Å². The highest BCUT2D eigenvalue weighted by atomic mass is 19.4. The highest BCUT2D eigenvalue weighted by Crippen LogP contribution is 2.35. The maximum absolute atomic E-state index is 12.8. The second-order valence-corrected chi connectivity index (χ2v) is 4.52. The molecule has 0 aliphatic rings. The first-order chi connectivity index (χ1) is 11.0. The number of nitrogens with zero attached hydrogens (tertiary/aromatic N) is 1. The number of aliphatic imine (C=N–C) groups is 1. The molecule has 1 aromatic carbocycles. The van der Waals surface area contributed by atoms with Gasteiger partial charge in [-0.15, -0.1) is 0 Å². The van der Waals surface area contributed by atoms with Crippen LogP contribution in [0.2, 0.25) is 0 Å². The van der Waals surface area contributed by atoms with E-state index in [0.717, 1.165) is 6.07 Å². The molecule has 0 unspecified atom stereocenters. The molecule has 23 heavy (non-hydrogen) atoms. The minimum Gasteiger partial charge on any atom is -0.491 e. The van der Waals surface area contributed by atoms with Gasteiger partial charge in [-0.3, -0.25) is 4.99 Å². The van der Waals surface area contributed by atoms with Gasteiger partial charge in [-0.05, 0) is 19.1 Å². The predicted octanol–water partition coefficient (Wildman–Crippen LogP) is 2.29. The normalized spacial score (nSPS) is 12.1. The smallest absolute Gasteiger partial charge is 0.419 e. The van der Waals surface area contributed by atoms with Crippen LogP contribution in [0.15, 0.2) is 29.3 Å². The van der Waals surface area contributed by atoms with E-state index in [1.165, 1.54) is 18.2 Å². The first kappa shape index (κ1) is 19.1. The molecule has 0 saturated heterocycles. The number of nitrogens with one attached hydrogen (secondary N) is 2. The fraction of sp³-hybridized carbons (Fsp3) is 0.533. The van der Waals surface area contributed by atoms with Crippen molar-refractivity contribution in [2.45, 2.75) is 13.1 Å². The molecule has 0 aromatic heterocycles. The van der Waals surface area contributed by atoms with E-state index in [9.17, 15) is 13.2 Å². The second kappa shape index (κ2) is 9.94. The quantitative estimate of drug-likeness (QED) is 0.435. The summed E-state index contributed by atoms with van der Waals surface area (Å²) in [5.41, 5.74) is -0.777. The van der Waals surface area contributed by atoms with Gasteiger partial charge in [-0.2, -0.15) is 13.2 Å². The number of alkyl halides is 3. The van der Waals surface area contributed by atoms with Gasteiger partial charge in [0.25, 0.3) is 0 Å². The molecule has 1 rings (SSSR count). The van der Waals surface area contributed by atoms with Gasteiger partial charge in [-0.25, -0.2) is 0 Å². The van der Waals surface area contributed by atoms with E-state index in [2.05, 4.69) is 15.6 Å². The maximum atomic E-state index is 12.8. The highest BCUT2D eigenvalue weighted by Gasteiger charge is 2.33. The molecule has 0 aliphatic carbocycles. The topological polar surface area (TPSA) is 54.9 Å². The molecule has 1 aromatic rings. The van der Waals surface area contributed by atoms with Crippen LogP contribution in [0.1, 0.15) is 12.5 Å². The lowest BCUT2D eigenvalue weighted by molar-refractivity contribution is -0.138. The van der Waals surface area contributed by atoms with Gasteiger partial charge in [0.05, 0.1) is 25.3 Å². The molecule has 2 N–H and O–H groups in total. The van der Waals surface area contributed by atoms with Gasteiger partial charge in [0.15, 0.2) is 5.96 Å². The van der Waals surface area contributed by atoms with Crippen molar-refractivity contribution in [1.82, 2.24) is 10.6 Å². The molecule has 5 nitrogen and oxygen atoms in total. The summed E-state index contributed by atoms with van der Waals surface area (Å²) in [5, 5.41) is 6.01. The molecule has 130 valence electrons. The third-order valence-electron chi connectivity index (χ3n) is 2.75. The summed E-state index contributed by atoms with van der Waals surface area (Å²) in [6.45, 7) is 3.99. The molecule has 0 heterocycles. The molecule has 0 saturated carbocycles. The Bertz CT molecular complexity index is 493. The Morgan fingerprint density at radius 1 is 1.17 bits per heavy atom. The number of hydrogen-bond acceptors (Lipinski definition) is 3. The number of guanidine groups is 1. The number of methoxy groups -OCH3 is 1. The fourth-order valence-corrected chi connectivity index (χ4v) is 1.75. The minimum absolute atomic E-state index is 0.0851. The van der Waals surface area contributed by atoms with Crippen LogP contribution < -0.4 is 15.4 Å². The number of benzene rings is 1. The van der Waals surface area contributed by atoms with Crippen molar-refractivity contribution in [3.05, 3.63) is 29.8 Å². The van der Waals surface area contributed by atoms with E-state index in [1.54, 1.807) is 7.11 Å². The average Bonchev–Trinajstić information content (AvgIpc) is 2.51. The van der Waals surface area contributed by atoms with Crippen LogP contribution in [0.25, 0.3) is 0 Å². The Morgan fingerprint density at radius 2 is 1.91 bits per heavy atom. The van der Waals surface area contributed by atoms with Gasteiger partial charge in [0.1, 0.15) is 12.4 Å². The summed E-state index contributed by atoms with van der Waals surface area (Å²) >= 11 is 0. The zero-order chi connectivity index (χ0) is 17.1. The third-order valence-corrected chi connectivity index (χ3v) is 2.75. The van der Waals surface area contributed by atoms with Crippen molar-refractivity contribution in [3.63, 3.8) is 0 Å². The van der Waals surface area contributed by atoms with Crippen molar-refractivity contribution in [2.24, 2.45) is 4.99 Å². The Balaban J connectivity index is 2.49. The zero-order valence-corrected chi connectivity index (χ0v) is 13.2. The van der Waals surface area contributed by atoms with E-state index >= 15 is 0 Å². The van der Waals surface area contributed by atoms with Gasteiger partial charge >= 0.3 is 6.18 Å². The summed E-state index contributed by atoms with van der Waals surface area (Å²) in [4.78, 5) is 4.24. The van der Waals surface area contributed by atoms with Crippen LogP contribution in [0.3, 0.4) is 0 Å². The number of ether oxygens (including phenoxy) is 2. The summed E-state index contributed by atoms with van der Waals surface area (Å²) in [6.07, 6.45) is -4.43. The molecular weight excluding hydrogens is 311 g/mol. The molecule has 8 heteroatoms. The SMILES string of the molecule is CCNC(=NCCOC)NCCOc1ccccc1C(F)(F)F. The van der Waals surface area contributed by atoms with Gasteiger partial charge in [-0.1, -0.05) is 12.1 Å². The molecular formula is C15H22F3N3O2. The van der Waals surface area contributed by atoms with Crippen LogP contribution in [0, 0.1) is 0 Å². The molecule has 0 fully saturated rings. The fourth-order valence-electron chi connectivity index (χ4n) is 1.75. The first-order valence-corrected chi connectivity index (χ1v) is 7.29. The monoisotopic (exact) mass is 333 g/mol. The van der Waals surface area contributed by atoms with Crippen molar-refractivity contribution >= 4 is 5.96 Å². The molecule has 0 atom stereocenters. The van der Waals surface area contributed by atoms with E-state index in [-0.39, 0.29) is 12.4 Å². The summed E-state index contributed by atoms with van der Waals surface area (Å²) in [5.74, 6) is 0.389. The number of para-hydroxylation sites is 1. The third kappa shape index (κ3) is 7.23. The second-order valence-electron chi connectivity index (χ2n) is 4.52. The van der Waals surface area contributed by atoms with Crippen LogP contribution in [-0.2, 0) is 10.9 Å². The molecule has 0 radical (unpaired) electrons. The van der Waals surface area contributed by atoms with Crippen LogP contribution in [0.4, 0.5) is 13.2 Å². The Hall–Kier alpha value is -1.96. The number of rotatable bonds is 8. The average molecular weight is 333 g/mol. The summed E-state index contributed by atoms with van der Waals surface area (Å²) < 4.78 is 48.6. The molecule has 0 spiro atoms. The minimum atomic E-state index is -4.43. The standard InChI is InChI=1S/C15H22F3N3O2/c1-3-19-14(20-8-10-22-2)21-9-11-23-13-7-5-4-6-12(13)15(16,17)18/h4-7H,3,8-11H2,1-2H3,(H2,19,20,21). The number of halogens is 3. The zero-order valence-electron chi connectivity index (χ0n) is 13.2. The lowest BCUT2D eigenvalue weighted by Gasteiger charge is -2.15. The van der Waals surface area contributed by atoms with Crippen molar-refractivity contribution in [3.8, 4) is 5.75 Å². The Morgan fingerprint density at radius 3 is 2.57 bits per heavy atom. The first-order valence-electron chi connectivity index (χ1n) is 7.29. The summed E-state index contributed by atoms with van der Waals surface area (Å²) in [6, 6.07) is 5.15. The largest absolute Gasteiger partial charge is 0.491 e. The number of hydrogen-bond donors (Lipinski definition) is 2. The van der Waals surface area contributed by atoms with Gasteiger partial charge in [0.2, 0.25) is 0 Å². The molecule has 0 amide bonds. The van der Waals surface area contributed by atoms with E-state index in [1.807, 2.05) is 6.92 Å². The maximum Gasteiger partial charge on any atom is 0.419 e. The summed E-state index contributed by atoms with van der Waals surface area (Å²) in [7, 11) is 1.59. The highest BCUT2D eigenvalue weighted by molar-refractivity contribution is 5.79. The molecule has 0 aliphatic heterocycles. The van der Waals surface area contributed by atoms with Gasteiger partial charge in [0, 0.05) is 13.7 Å². The van der Waals surface area contributed by atoms with Crippen LogP contribution in [0.5, 0.6) is 5.75 Å². The van der Waals surface area contributed by atoms with Crippen LogP contribution >= 0.6 is 0 Å². The predicted molar refractivity (Wildman–Crippen MR) is 82.8 cm³/mol. The van der Waals surface area contributed by atoms with E-state index < -0.39 is 11.7 Å². The lowest BCUT2D eigenvalue weighted by atomic mass is 10.2. The van der Waals surface area contributed by atoms with Crippen LogP contribution in [-0.4, -0.2) is 45.9 Å². The Kier molecular flexibility index (Phi) is 8.25. The van der Waals surface area contributed by atoms with E-state index in [4.69, 9.17) is 9.47 Å². The van der Waals surface area contributed by atoms with Crippen molar-refractivity contribution < 1.29 is 22.6 Å².